The highest BCUT2D eigenvalue weighted by Gasteiger charge is 2.43. The van der Waals surface area contributed by atoms with Crippen molar-refractivity contribution in [3.63, 3.8) is 0 Å². The van der Waals surface area contributed by atoms with E-state index in [1.165, 1.54) is 0 Å². The molecule has 1 fully saturated rings. The Hall–Kier alpha value is -3.35. The van der Waals surface area contributed by atoms with Gasteiger partial charge in [0.15, 0.2) is 0 Å². The largest absolute Gasteiger partial charge is 0.444 e. The maximum absolute atomic E-state index is 13.6. The molecule has 1 aliphatic carbocycles. The molecule has 0 spiro atoms. The van der Waals surface area contributed by atoms with Crippen LogP contribution in [0.1, 0.15) is 57.7 Å². The van der Waals surface area contributed by atoms with E-state index in [4.69, 9.17) is 4.74 Å². The molecule has 33 heavy (non-hydrogen) atoms. The number of nitrogens with zero attached hydrogens (tertiary/aromatic N) is 1. The van der Waals surface area contributed by atoms with E-state index >= 15 is 0 Å². The molecular formula is C26H33N3O4. The molecule has 0 saturated heterocycles. The fraction of sp³-hybridized carbons (Fsp3) is 0.423. The zero-order chi connectivity index (χ0) is 24.2. The zero-order valence-corrected chi connectivity index (χ0v) is 19.9. The average Bonchev–Trinajstić information content (AvgIpc) is 3.57. The van der Waals surface area contributed by atoms with Crippen LogP contribution in [0.3, 0.4) is 0 Å². The lowest BCUT2D eigenvalue weighted by Gasteiger charge is -2.34. The number of benzene rings is 2. The summed E-state index contributed by atoms with van der Waals surface area (Å²) in [5, 5.41) is 5.61. The van der Waals surface area contributed by atoms with Gasteiger partial charge in [-0.15, -0.1) is 0 Å². The minimum absolute atomic E-state index is 0.0618. The van der Waals surface area contributed by atoms with Gasteiger partial charge in [0, 0.05) is 11.7 Å². The lowest BCUT2D eigenvalue weighted by Crippen LogP contribution is -2.52. The Morgan fingerprint density at radius 3 is 2.18 bits per heavy atom. The van der Waals surface area contributed by atoms with Gasteiger partial charge in [-0.3, -0.25) is 9.59 Å². The van der Waals surface area contributed by atoms with Gasteiger partial charge in [0.05, 0.1) is 0 Å². The number of nitrogens with one attached hydrogen (secondary N) is 2. The third-order valence-corrected chi connectivity index (χ3v) is 5.34. The smallest absolute Gasteiger partial charge is 0.408 e. The Morgan fingerprint density at radius 1 is 1.00 bits per heavy atom. The molecule has 176 valence electrons. The molecule has 2 N–H and O–H groups in total. The number of carbonyl (C=O) groups is 3. The van der Waals surface area contributed by atoms with Crippen LogP contribution in [0.5, 0.6) is 0 Å². The van der Waals surface area contributed by atoms with Gasteiger partial charge in [-0.2, -0.15) is 0 Å². The van der Waals surface area contributed by atoms with Gasteiger partial charge < -0.3 is 20.3 Å². The molecule has 0 bridgehead atoms. The van der Waals surface area contributed by atoms with Crippen molar-refractivity contribution in [2.45, 2.75) is 71.2 Å². The molecule has 7 heteroatoms. The molecule has 0 radical (unpaired) electrons. The predicted octanol–water partition coefficient (Wildman–Crippen LogP) is 4.58. The standard InChI is InChI=1S/C26H33N3O4/c1-17-11-9-10-14-21(17)28-23(30)22(19-12-7-6-8-13-19)29(20-15-16-20)24(31)18(2)27-25(32)33-26(3,4)5/h6-14,18,20,22H,15-16H2,1-5H3,(H,27,32)(H,28,30). The second-order valence-corrected chi connectivity index (χ2v) is 9.46. The van der Waals surface area contributed by atoms with Crippen LogP contribution in [0.2, 0.25) is 0 Å². The number of aryl methyl sites for hydroxylation is 1. The Labute approximate surface area is 195 Å². The molecule has 2 aromatic carbocycles. The summed E-state index contributed by atoms with van der Waals surface area (Å²) < 4.78 is 5.30. The number of rotatable bonds is 7. The van der Waals surface area contributed by atoms with Gasteiger partial charge in [0.1, 0.15) is 17.7 Å². The van der Waals surface area contributed by atoms with E-state index in [2.05, 4.69) is 10.6 Å². The SMILES string of the molecule is Cc1ccccc1NC(=O)C(c1ccccc1)N(C(=O)C(C)NC(=O)OC(C)(C)C)C1CC1. The quantitative estimate of drug-likeness (QED) is 0.645. The molecular weight excluding hydrogens is 418 g/mol. The van der Waals surface area contributed by atoms with Crippen molar-refractivity contribution in [3.8, 4) is 0 Å². The van der Waals surface area contributed by atoms with Gasteiger partial charge in [-0.1, -0.05) is 48.5 Å². The molecule has 1 saturated carbocycles. The van der Waals surface area contributed by atoms with Crippen LogP contribution in [0.15, 0.2) is 54.6 Å². The number of alkyl carbamates (subject to hydrolysis) is 1. The molecule has 2 unspecified atom stereocenters. The first-order chi connectivity index (χ1) is 15.6. The number of para-hydroxylation sites is 1. The van der Waals surface area contributed by atoms with E-state index < -0.39 is 23.8 Å². The molecule has 0 aromatic heterocycles. The second-order valence-electron chi connectivity index (χ2n) is 9.46. The van der Waals surface area contributed by atoms with Crippen LogP contribution in [-0.4, -0.2) is 40.5 Å². The Kier molecular flexibility index (Phi) is 7.41. The fourth-order valence-electron chi connectivity index (χ4n) is 3.63. The highest BCUT2D eigenvalue weighted by molar-refractivity contribution is 5.99. The van der Waals surface area contributed by atoms with Crippen molar-refractivity contribution < 1.29 is 19.1 Å². The number of amides is 3. The van der Waals surface area contributed by atoms with Crippen LogP contribution in [0.25, 0.3) is 0 Å². The van der Waals surface area contributed by atoms with Crippen LogP contribution in [0.4, 0.5) is 10.5 Å². The first-order valence-electron chi connectivity index (χ1n) is 11.3. The molecule has 0 aliphatic heterocycles. The van der Waals surface area contributed by atoms with E-state index in [0.29, 0.717) is 11.3 Å². The highest BCUT2D eigenvalue weighted by atomic mass is 16.6. The second kappa shape index (κ2) is 10.1. The maximum atomic E-state index is 13.6. The third kappa shape index (κ3) is 6.57. The van der Waals surface area contributed by atoms with Crippen molar-refractivity contribution in [2.75, 3.05) is 5.32 Å². The van der Waals surface area contributed by atoms with Crippen molar-refractivity contribution >= 4 is 23.6 Å². The molecule has 7 nitrogen and oxygen atoms in total. The van der Waals surface area contributed by atoms with Gasteiger partial charge in [0.2, 0.25) is 5.91 Å². The normalized spacial score (nSPS) is 15.2. The Bertz CT molecular complexity index is 996. The molecule has 2 atom stereocenters. The van der Waals surface area contributed by atoms with Gasteiger partial charge in [0.25, 0.3) is 5.91 Å². The van der Waals surface area contributed by atoms with E-state index in [0.717, 1.165) is 18.4 Å². The predicted molar refractivity (Wildman–Crippen MR) is 128 cm³/mol. The summed E-state index contributed by atoms with van der Waals surface area (Å²) in [7, 11) is 0. The summed E-state index contributed by atoms with van der Waals surface area (Å²) in [4.78, 5) is 41.0. The topological polar surface area (TPSA) is 87.7 Å². The number of hydrogen-bond acceptors (Lipinski definition) is 4. The zero-order valence-electron chi connectivity index (χ0n) is 19.9. The number of ether oxygens (including phenoxy) is 1. The average molecular weight is 452 g/mol. The van der Waals surface area contributed by atoms with Gasteiger partial charge >= 0.3 is 6.09 Å². The first-order valence-corrected chi connectivity index (χ1v) is 11.3. The fourth-order valence-corrected chi connectivity index (χ4v) is 3.63. The monoisotopic (exact) mass is 451 g/mol. The summed E-state index contributed by atoms with van der Waals surface area (Å²) in [5.41, 5.74) is 1.67. The van der Waals surface area contributed by atoms with Crippen molar-refractivity contribution in [1.82, 2.24) is 10.2 Å². The van der Waals surface area contributed by atoms with Crippen molar-refractivity contribution in [3.05, 3.63) is 65.7 Å². The number of carbonyl (C=O) groups excluding carboxylic acids is 3. The van der Waals surface area contributed by atoms with Crippen LogP contribution < -0.4 is 10.6 Å². The minimum Gasteiger partial charge on any atom is -0.444 e. The van der Waals surface area contributed by atoms with Gasteiger partial charge in [-0.05, 0) is 64.7 Å². The summed E-state index contributed by atoms with van der Waals surface area (Å²) >= 11 is 0. The van der Waals surface area contributed by atoms with Crippen molar-refractivity contribution in [2.24, 2.45) is 0 Å². The molecule has 3 amide bonds. The molecule has 2 aromatic rings. The van der Waals surface area contributed by atoms with E-state index in [1.54, 1.807) is 32.6 Å². The van der Waals surface area contributed by atoms with Gasteiger partial charge in [-0.25, -0.2) is 4.79 Å². The molecule has 0 heterocycles. The molecule has 3 rings (SSSR count). The summed E-state index contributed by atoms with van der Waals surface area (Å²) in [5.74, 6) is -0.614. The number of hydrogen-bond donors (Lipinski definition) is 2. The number of anilines is 1. The first kappa shape index (κ1) is 24.3. The van der Waals surface area contributed by atoms with Crippen LogP contribution >= 0.6 is 0 Å². The summed E-state index contributed by atoms with van der Waals surface area (Å²) in [6.45, 7) is 8.82. The highest BCUT2D eigenvalue weighted by Crippen LogP contribution is 2.36. The third-order valence-electron chi connectivity index (χ3n) is 5.34. The van der Waals surface area contributed by atoms with E-state index in [-0.39, 0.29) is 17.9 Å². The van der Waals surface area contributed by atoms with Crippen molar-refractivity contribution in [1.29, 1.82) is 0 Å². The van der Waals surface area contributed by atoms with Crippen LogP contribution in [0, 0.1) is 6.92 Å². The Morgan fingerprint density at radius 2 is 1.61 bits per heavy atom. The molecule has 1 aliphatic rings. The lowest BCUT2D eigenvalue weighted by atomic mass is 10.0. The van der Waals surface area contributed by atoms with E-state index in [9.17, 15) is 14.4 Å². The van der Waals surface area contributed by atoms with Crippen LogP contribution in [-0.2, 0) is 14.3 Å². The Balaban J connectivity index is 1.88. The minimum atomic E-state index is -0.849. The van der Waals surface area contributed by atoms with E-state index in [1.807, 2.05) is 61.5 Å². The lowest BCUT2D eigenvalue weighted by molar-refractivity contribution is -0.141. The summed E-state index contributed by atoms with van der Waals surface area (Å²) in [6.07, 6.45) is 0.956. The maximum Gasteiger partial charge on any atom is 0.408 e. The summed E-state index contributed by atoms with van der Waals surface area (Å²) in [6, 6.07) is 15.0.